The number of cyclic esters (lactones) is 1. The molecule has 1 heterocycles. The minimum absolute atomic E-state index is 0.202. The Kier molecular flexibility index (Phi) is 6.91. The van der Waals surface area contributed by atoms with Gasteiger partial charge < -0.3 is 18.9 Å². The Morgan fingerprint density at radius 3 is 1.71 bits per heavy atom. The summed E-state index contributed by atoms with van der Waals surface area (Å²) in [5.74, 6) is -3.12. The Labute approximate surface area is 201 Å². The molecule has 178 valence electrons. The standard InChI is InChI=1S/C27H22O8/c1-27(35-25(30)20-15-9-4-10-16-20)22(34-24(29)19-13-7-3-8-14-19)21(33-26(27)31)17-32-23(28)18-11-5-2-6-12-18/h2-16,21-22H,17H2,1H3/t21-,22-,27-/m1/s1. The van der Waals surface area contributed by atoms with Gasteiger partial charge in [0, 0.05) is 0 Å². The van der Waals surface area contributed by atoms with Crippen molar-refractivity contribution in [3.63, 3.8) is 0 Å². The molecule has 4 rings (SSSR count). The molecule has 3 atom stereocenters. The molecule has 0 amide bonds. The first-order valence-corrected chi connectivity index (χ1v) is 10.9. The maximum Gasteiger partial charge on any atom is 0.355 e. The molecule has 0 unspecified atom stereocenters. The van der Waals surface area contributed by atoms with Crippen LogP contribution in [-0.2, 0) is 23.7 Å². The molecule has 1 saturated heterocycles. The summed E-state index contributed by atoms with van der Waals surface area (Å²) in [6.07, 6.45) is -2.57. The van der Waals surface area contributed by atoms with Gasteiger partial charge in [-0.1, -0.05) is 54.6 Å². The fraction of sp³-hybridized carbons (Fsp3) is 0.185. The third-order valence-corrected chi connectivity index (χ3v) is 5.49. The van der Waals surface area contributed by atoms with Crippen LogP contribution in [0.2, 0.25) is 0 Å². The summed E-state index contributed by atoms with van der Waals surface area (Å²) in [4.78, 5) is 50.9. The average molecular weight is 474 g/mol. The smallest absolute Gasteiger partial charge is 0.355 e. The van der Waals surface area contributed by atoms with Crippen LogP contribution in [0, 0.1) is 0 Å². The first kappa shape index (κ1) is 23.7. The first-order chi connectivity index (χ1) is 16.9. The van der Waals surface area contributed by atoms with Crippen LogP contribution in [0.25, 0.3) is 0 Å². The largest absolute Gasteiger partial charge is 0.458 e. The van der Waals surface area contributed by atoms with Crippen molar-refractivity contribution in [3.8, 4) is 0 Å². The summed E-state index contributed by atoms with van der Waals surface area (Å²) >= 11 is 0. The van der Waals surface area contributed by atoms with E-state index in [1.807, 2.05) is 0 Å². The number of hydrogen-bond donors (Lipinski definition) is 0. The normalized spacial score (nSPS) is 21.0. The molecule has 1 fully saturated rings. The molecule has 0 aliphatic carbocycles. The number of hydrogen-bond acceptors (Lipinski definition) is 8. The molecule has 8 nitrogen and oxygen atoms in total. The van der Waals surface area contributed by atoms with Gasteiger partial charge in [-0.2, -0.15) is 0 Å². The molecule has 0 bridgehead atoms. The van der Waals surface area contributed by atoms with Crippen molar-refractivity contribution < 1.29 is 38.1 Å². The van der Waals surface area contributed by atoms with Crippen LogP contribution in [0.4, 0.5) is 0 Å². The van der Waals surface area contributed by atoms with Crippen molar-refractivity contribution in [3.05, 3.63) is 108 Å². The van der Waals surface area contributed by atoms with Gasteiger partial charge in [0.15, 0.2) is 12.2 Å². The van der Waals surface area contributed by atoms with Crippen molar-refractivity contribution in [2.45, 2.75) is 24.7 Å². The first-order valence-electron chi connectivity index (χ1n) is 10.9. The minimum atomic E-state index is -1.97. The highest BCUT2D eigenvalue weighted by molar-refractivity contribution is 5.95. The molecule has 1 aliphatic heterocycles. The van der Waals surface area contributed by atoms with Crippen molar-refractivity contribution in [1.82, 2.24) is 0 Å². The second-order valence-corrected chi connectivity index (χ2v) is 7.96. The summed E-state index contributed by atoms with van der Waals surface area (Å²) in [5, 5.41) is 0. The van der Waals surface area contributed by atoms with E-state index in [4.69, 9.17) is 18.9 Å². The molecule has 35 heavy (non-hydrogen) atoms. The fourth-order valence-corrected chi connectivity index (χ4v) is 3.60. The summed E-state index contributed by atoms with van der Waals surface area (Å²) in [6.45, 7) is 0.892. The van der Waals surface area contributed by atoms with Gasteiger partial charge in [-0.3, -0.25) is 0 Å². The summed E-state index contributed by atoms with van der Waals surface area (Å²) in [6, 6.07) is 24.4. The lowest BCUT2D eigenvalue weighted by molar-refractivity contribution is -0.156. The van der Waals surface area contributed by atoms with E-state index in [0.29, 0.717) is 5.56 Å². The fourth-order valence-electron chi connectivity index (χ4n) is 3.60. The predicted molar refractivity (Wildman–Crippen MR) is 123 cm³/mol. The second kappa shape index (κ2) is 10.2. The van der Waals surface area contributed by atoms with Crippen LogP contribution in [0.3, 0.4) is 0 Å². The third-order valence-electron chi connectivity index (χ3n) is 5.49. The van der Waals surface area contributed by atoms with E-state index in [0.717, 1.165) is 0 Å². The molecule has 1 aliphatic rings. The molecule has 0 spiro atoms. The Balaban J connectivity index is 1.57. The highest BCUT2D eigenvalue weighted by Gasteiger charge is 2.60. The molecule has 8 heteroatoms. The lowest BCUT2D eigenvalue weighted by Crippen LogP contribution is -2.50. The Morgan fingerprint density at radius 2 is 1.20 bits per heavy atom. The van der Waals surface area contributed by atoms with Gasteiger partial charge in [0.2, 0.25) is 5.60 Å². The van der Waals surface area contributed by atoms with Crippen LogP contribution in [0.5, 0.6) is 0 Å². The molecule has 0 aromatic heterocycles. The Hall–Kier alpha value is -4.46. The monoisotopic (exact) mass is 474 g/mol. The molecular weight excluding hydrogens is 452 g/mol. The van der Waals surface area contributed by atoms with Crippen LogP contribution in [0.1, 0.15) is 38.0 Å². The average Bonchev–Trinajstić information content (AvgIpc) is 3.12. The summed E-state index contributed by atoms with van der Waals surface area (Å²) in [7, 11) is 0. The van der Waals surface area contributed by atoms with E-state index in [-0.39, 0.29) is 11.1 Å². The SMILES string of the molecule is C[C@]1(OC(=O)c2ccccc2)C(=O)O[C@H](COC(=O)c2ccccc2)[C@H]1OC(=O)c1ccccc1. The highest BCUT2D eigenvalue weighted by atomic mass is 16.7. The van der Waals surface area contributed by atoms with Crippen molar-refractivity contribution in [2.24, 2.45) is 0 Å². The number of carbonyl (C=O) groups excluding carboxylic acids is 4. The number of esters is 4. The zero-order valence-corrected chi connectivity index (χ0v) is 18.8. The molecule has 0 saturated carbocycles. The number of benzene rings is 3. The maximum atomic E-state index is 12.9. The Morgan fingerprint density at radius 1 is 0.743 bits per heavy atom. The molecule has 0 radical (unpaired) electrons. The zero-order valence-electron chi connectivity index (χ0n) is 18.8. The molecule has 3 aromatic carbocycles. The molecule has 0 N–H and O–H groups in total. The van der Waals surface area contributed by atoms with Gasteiger partial charge in [-0.25, -0.2) is 19.2 Å². The van der Waals surface area contributed by atoms with Gasteiger partial charge >= 0.3 is 23.9 Å². The highest BCUT2D eigenvalue weighted by Crippen LogP contribution is 2.34. The maximum absolute atomic E-state index is 12.9. The van der Waals surface area contributed by atoms with E-state index in [1.165, 1.54) is 31.2 Å². The van der Waals surface area contributed by atoms with Gasteiger partial charge in [0.25, 0.3) is 0 Å². The van der Waals surface area contributed by atoms with E-state index in [9.17, 15) is 19.2 Å². The lowest BCUT2D eigenvalue weighted by atomic mass is 9.97. The van der Waals surface area contributed by atoms with Gasteiger partial charge in [-0.05, 0) is 43.3 Å². The van der Waals surface area contributed by atoms with Crippen molar-refractivity contribution in [2.75, 3.05) is 6.61 Å². The second-order valence-electron chi connectivity index (χ2n) is 7.96. The predicted octanol–water partition coefficient (Wildman–Crippen LogP) is 3.61. The third kappa shape index (κ3) is 5.22. The number of ether oxygens (including phenoxy) is 4. The minimum Gasteiger partial charge on any atom is -0.458 e. The topological polar surface area (TPSA) is 105 Å². The van der Waals surface area contributed by atoms with Crippen molar-refractivity contribution >= 4 is 23.9 Å². The van der Waals surface area contributed by atoms with Crippen LogP contribution in [0.15, 0.2) is 91.0 Å². The van der Waals surface area contributed by atoms with E-state index in [2.05, 4.69) is 0 Å². The lowest BCUT2D eigenvalue weighted by Gasteiger charge is -2.28. The van der Waals surface area contributed by atoms with Gasteiger partial charge in [-0.15, -0.1) is 0 Å². The quantitative estimate of drug-likeness (QED) is 0.378. The summed E-state index contributed by atoms with van der Waals surface area (Å²) in [5.41, 5.74) is -1.24. The molecular formula is C27H22O8. The number of rotatable bonds is 7. The van der Waals surface area contributed by atoms with Crippen molar-refractivity contribution in [1.29, 1.82) is 0 Å². The van der Waals surface area contributed by atoms with E-state index >= 15 is 0 Å². The van der Waals surface area contributed by atoms with Crippen LogP contribution in [-0.4, -0.2) is 48.3 Å². The summed E-state index contributed by atoms with van der Waals surface area (Å²) < 4.78 is 21.8. The van der Waals surface area contributed by atoms with E-state index < -0.39 is 48.3 Å². The van der Waals surface area contributed by atoms with Gasteiger partial charge in [0.05, 0.1) is 16.7 Å². The van der Waals surface area contributed by atoms with E-state index in [1.54, 1.807) is 66.7 Å². The Bertz CT molecular complexity index is 1210. The molecule has 3 aromatic rings. The van der Waals surface area contributed by atoms with Crippen LogP contribution >= 0.6 is 0 Å². The zero-order chi connectivity index (χ0) is 24.8. The van der Waals surface area contributed by atoms with Crippen LogP contribution < -0.4 is 0 Å². The van der Waals surface area contributed by atoms with Gasteiger partial charge in [0.1, 0.15) is 6.61 Å². The number of carbonyl (C=O) groups is 4.